The monoisotopic (exact) mass is 430 g/mol. The van der Waals surface area contributed by atoms with Crippen LogP contribution in [-0.4, -0.2) is 39.0 Å². The van der Waals surface area contributed by atoms with Gasteiger partial charge in [-0.1, -0.05) is 11.3 Å². The molecule has 158 valence electrons. The van der Waals surface area contributed by atoms with E-state index >= 15 is 0 Å². The zero-order valence-corrected chi connectivity index (χ0v) is 17.7. The lowest BCUT2D eigenvalue weighted by Crippen LogP contribution is -2.39. The van der Waals surface area contributed by atoms with Crippen molar-refractivity contribution in [2.75, 3.05) is 11.9 Å². The number of hydrogen-bond acceptors (Lipinski definition) is 7. The number of fused-ring (bicyclic) bond motifs is 1. The van der Waals surface area contributed by atoms with Gasteiger partial charge in [0.15, 0.2) is 5.13 Å². The number of nitrogens with zero attached hydrogens (tertiary/aromatic N) is 3. The molecule has 1 aromatic carbocycles. The topological polar surface area (TPSA) is 115 Å². The third kappa shape index (κ3) is 5.63. The Bertz CT molecular complexity index is 992. The summed E-state index contributed by atoms with van der Waals surface area (Å²) in [6.07, 6.45) is 3.14. The Labute approximate surface area is 177 Å². The van der Waals surface area contributed by atoms with Crippen LogP contribution in [0.2, 0.25) is 0 Å². The second kappa shape index (κ2) is 8.62. The van der Waals surface area contributed by atoms with Gasteiger partial charge in [0.25, 0.3) is 5.69 Å². The van der Waals surface area contributed by atoms with E-state index in [0.29, 0.717) is 30.2 Å². The molecule has 0 saturated heterocycles. The Balaban J connectivity index is 1.59. The number of aromatic nitrogens is 1. The first-order valence-corrected chi connectivity index (χ1v) is 10.1. The number of hydrogen-bond donors (Lipinski definition) is 1. The number of nitro groups is 1. The summed E-state index contributed by atoms with van der Waals surface area (Å²) in [5, 5.41) is 13.9. The minimum atomic E-state index is -0.555. The van der Waals surface area contributed by atoms with Gasteiger partial charge in [0, 0.05) is 36.1 Å². The highest BCUT2D eigenvalue weighted by Crippen LogP contribution is 2.29. The molecule has 2 aromatic rings. The van der Waals surface area contributed by atoms with Crippen molar-refractivity contribution >= 4 is 40.2 Å². The first-order chi connectivity index (χ1) is 14.1. The Kier molecular flexibility index (Phi) is 6.16. The van der Waals surface area contributed by atoms with E-state index in [1.165, 1.54) is 29.5 Å². The zero-order valence-electron chi connectivity index (χ0n) is 16.9. The van der Waals surface area contributed by atoms with Crippen LogP contribution in [0.15, 0.2) is 30.3 Å². The van der Waals surface area contributed by atoms with Crippen LogP contribution in [0.25, 0.3) is 6.08 Å². The molecule has 0 aliphatic carbocycles. The fourth-order valence-electron chi connectivity index (χ4n) is 2.76. The van der Waals surface area contributed by atoms with Crippen molar-refractivity contribution < 1.29 is 19.2 Å². The van der Waals surface area contributed by atoms with Gasteiger partial charge in [0.05, 0.1) is 17.2 Å². The Morgan fingerprint density at radius 2 is 2.00 bits per heavy atom. The molecular formula is C20H22N4O5S. The van der Waals surface area contributed by atoms with Crippen LogP contribution in [0.3, 0.4) is 0 Å². The third-order valence-electron chi connectivity index (χ3n) is 4.14. The summed E-state index contributed by atoms with van der Waals surface area (Å²) in [4.78, 5) is 41.6. The Morgan fingerprint density at radius 3 is 2.63 bits per heavy atom. The van der Waals surface area contributed by atoms with E-state index in [2.05, 4.69) is 10.3 Å². The quantitative estimate of drug-likeness (QED) is 0.445. The number of thiazole rings is 1. The predicted octanol–water partition coefficient (Wildman–Crippen LogP) is 4.00. The SMILES string of the molecule is CC(C)(C)OC(=O)N1CCc2nc(NC(=O)C=Cc3ccc([N+](=O)[O-])cc3)sc2C1. The first kappa shape index (κ1) is 21.4. The van der Waals surface area contributed by atoms with E-state index in [0.717, 1.165) is 10.6 Å². The van der Waals surface area contributed by atoms with Gasteiger partial charge >= 0.3 is 6.09 Å². The van der Waals surface area contributed by atoms with Crippen molar-refractivity contribution in [2.24, 2.45) is 0 Å². The third-order valence-corrected chi connectivity index (χ3v) is 5.14. The maximum Gasteiger partial charge on any atom is 0.410 e. The standard InChI is InChI=1S/C20H22N4O5S/c1-20(2,3)29-19(26)23-11-10-15-16(12-23)30-18(21-15)22-17(25)9-6-13-4-7-14(8-5-13)24(27)28/h4-9H,10-12H2,1-3H3,(H,21,22,25). The van der Waals surface area contributed by atoms with Crippen LogP contribution in [0, 0.1) is 10.1 Å². The number of nitro benzene ring substituents is 1. The fourth-order valence-corrected chi connectivity index (χ4v) is 3.78. The highest BCUT2D eigenvalue weighted by atomic mass is 32.1. The molecule has 30 heavy (non-hydrogen) atoms. The van der Waals surface area contributed by atoms with Crippen LogP contribution < -0.4 is 5.32 Å². The van der Waals surface area contributed by atoms with Crippen molar-refractivity contribution in [3.8, 4) is 0 Å². The van der Waals surface area contributed by atoms with Gasteiger partial charge in [-0.25, -0.2) is 9.78 Å². The van der Waals surface area contributed by atoms with E-state index in [1.54, 1.807) is 23.1 Å². The molecule has 2 heterocycles. The lowest BCUT2D eigenvalue weighted by atomic mass is 10.2. The van der Waals surface area contributed by atoms with Crippen LogP contribution >= 0.6 is 11.3 Å². The molecule has 0 spiro atoms. The Hall–Kier alpha value is -3.27. The second-order valence-corrected chi connectivity index (χ2v) is 8.80. The zero-order chi connectivity index (χ0) is 21.9. The average molecular weight is 430 g/mol. The normalized spacial score (nSPS) is 13.8. The van der Waals surface area contributed by atoms with Gasteiger partial charge < -0.3 is 9.64 Å². The number of anilines is 1. The number of non-ortho nitro benzene ring substituents is 1. The summed E-state index contributed by atoms with van der Waals surface area (Å²) in [7, 11) is 0. The lowest BCUT2D eigenvalue weighted by molar-refractivity contribution is -0.384. The minimum Gasteiger partial charge on any atom is -0.444 e. The summed E-state index contributed by atoms with van der Waals surface area (Å²) in [5.41, 5.74) is 0.974. The summed E-state index contributed by atoms with van der Waals surface area (Å²) in [6, 6.07) is 5.89. The van der Waals surface area contributed by atoms with Crippen molar-refractivity contribution in [3.05, 3.63) is 56.6 Å². The number of carbonyl (C=O) groups is 2. The lowest BCUT2D eigenvalue weighted by Gasteiger charge is -2.29. The highest BCUT2D eigenvalue weighted by molar-refractivity contribution is 7.15. The van der Waals surface area contributed by atoms with E-state index in [1.807, 2.05) is 20.8 Å². The maximum atomic E-state index is 12.3. The van der Waals surface area contributed by atoms with Crippen LogP contribution in [0.1, 0.15) is 36.9 Å². The summed E-state index contributed by atoms with van der Waals surface area (Å²) >= 11 is 1.33. The number of amides is 2. The number of carbonyl (C=O) groups excluding carboxylic acids is 2. The van der Waals surface area contributed by atoms with E-state index in [-0.39, 0.29) is 17.7 Å². The molecule has 0 fully saturated rings. The summed E-state index contributed by atoms with van der Waals surface area (Å²) in [5.74, 6) is -0.358. The van der Waals surface area contributed by atoms with E-state index in [9.17, 15) is 19.7 Å². The maximum absolute atomic E-state index is 12.3. The molecule has 2 amide bonds. The fraction of sp³-hybridized carbons (Fsp3) is 0.350. The molecule has 10 heteroatoms. The molecule has 3 rings (SSSR count). The van der Waals surface area contributed by atoms with Crippen LogP contribution in [-0.2, 0) is 22.5 Å². The van der Waals surface area contributed by atoms with E-state index in [4.69, 9.17) is 4.74 Å². The van der Waals surface area contributed by atoms with Crippen molar-refractivity contribution in [1.82, 2.24) is 9.88 Å². The molecule has 0 atom stereocenters. The van der Waals surface area contributed by atoms with Gasteiger partial charge in [0.1, 0.15) is 5.60 Å². The van der Waals surface area contributed by atoms with E-state index < -0.39 is 10.5 Å². The predicted molar refractivity (Wildman–Crippen MR) is 113 cm³/mol. The molecule has 0 saturated carbocycles. The van der Waals surface area contributed by atoms with Crippen molar-refractivity contribution in [3.63, 3.8) is 0 Å². The largest absolute Gasteiger partial charge is 0.444 e. The molecule has 1 aliphatic rings. The number of ether oxygens (including phenoxy) is 1. The van der Waals surface area contributed by atoms with Gasteiger partial charge in [-0.2, -0.15) is 0 Å². The highest BCUT2D eigenvalue weighted by Gasteiger charge is 2.28. The molecule has 1 aromatic heterocycles. The molecule has 1 N–H and O–H groups in total. The summed E-state index contributed by atoms with van der Waals surface area (Å²) in [6.45, 7) is 6.38. The van der Waals surface area contributed by atoms with Crippen molar-refractivity contribution in [2.45, 2.75) is 39.3 Å². The number of benzene rings is 1. The average Bonchev–Trinajstić information content (AvgIpc) is 3.06. The molecule has 0 bridgehead atoms. The molecule has 0 radical (unpaired) electrons. The van der Waals surface area contributed by atoms with Gasteiger partial charge in [-0.3, -0.25) is 20.2 Å². The summed E-state index contributed by atoms with van der Waals surface area (Å²) < 4.78 is 5.41. The smallest absolute Gasteiger partial charge is 0.410 e. The number of nitrogens with one attached hydrogen (secondary N) is 1. The minimum absolute atomic E-state index is 0.00890. The first-order valence-electron chi connectivity index (χ1n) is 9.31. The molecule has 0 unspecified atom stereocenters. The molecular weight excluding hydrogens is 408 g/mol. The number of rotatable bonds is 4. The van der Waals surface area contributed by atoms with Crippen LogP contribution in [0.4, 0.5) is 15.6 Å². The van der Waals surface area contributed by atoms with Crippen molar-refractivity contribution in [1.29, 1.82) is 0 Å². The molecule has 9 nitrogen and oxygen atoms in total. The second-order valence-electron chi connectivity index (χ2n) is 7.71. The van der Waals surface area contributed by atoms with Crippen LogP contribution in [0.5, 0.6) is 0 Å². The van der Waals surface area contributed by atoms with Gasteiger partial charge in [-0.05, 0) is 44.5 Å². The Morgan fingerprint density at radius 1 is 1.30 bits per heavy atom. The molecule has 1 aliphatic heterocycles. The van der Waals surface area contributed by atoms with Gasteiger partial charge in [-0.15, -0.1) is 0 Å². The van der Waals surface area contributed by atoms with Gasteiger partial charge in [0.2, 0.25) is 5.91 Å².